The number of esters is 1. The molecule has 0 aliphatic rings. The van der Waals surface area contributed by atoms with E-state index in [0.29, 0.717) is 29.1 Å². The van der Waals surface area contributed by atoms with Crippen molar-refractivity contribution < 1.29 is 14.3 Å². The Kier molecular flexibility index (Phi) is 5.44. The second-order valence-electron chi connectivity index (χ2n) is 5.95. The predicted octanol–water partition coefficient (Wildman–Crippen LogP) is 3.25. The van der Waals surface area contributed by atoms with Crippen molar-refractivity contribution in [2.24, 2.45) is 0 Å². The fourth-order valence-electron chi connectivity index (χ4n) is 2.79. The van der Waals surface area contributed by atoms with Gasteiger partial charge < -0.3 is 14.6 Å². The van der Waals surface area contributed by atoms with Gasteiger partial charge in [0.15, 0.2) is 0 Å². The van der Waals surface area contributed by atoms with E-state index in [1.165, 1.54) is 12.7 Å². The molecule has 0 unspecified atom stereocenters. The van der Waals surface area contributed by atoms with Crippen LogP contribution in [0, 0.1) is 13.8 Å². The summed E-state index contributed by atoms with van der Waals surface area (Å²) >= 11 is 0. The molecule has 24 heavy (non-hydrogen) atoms. The van der Waals surface area contributed by atoms with Gasteiger partial charge in [-0.1, -0.05) is 31.2 Å². The number of methoxy groups -OCH3 is 1. The van der Waals surface area contributed by atoms with E-state index in [1.54, 1.807) is 25.8 Å². The van der Waals surface area contributed by atoms with Gasteiger partial charge in [-0.25, -0.2) is 4.79 Å². The number of H-pyrrole nitrogens is 1. The Hall–Kier alpha value is -2.56. The summed E-state index contributed by atoms with van der Waals surface area (Å²) in [6.45, 7) is 6.14. The van der Waals surface area contributed by atoms with Crippen LogP contribution in [0.3, 0.4) is 0 Å². The SMILES string of the molecule is CCc1ccc(CN(C)C(=O)c2[nH]c(C)c(C(=O)OC)c2C)cc1. The second kappa shape index (κ2) is 7.34. The van der Waals surface area contributed by atoms with Crippen LogP contribution < -0.4 is 0 Å². The maximum Gasteiger partial charge on any atom is 0.339 e. The maximum absolute atomic E-state index is 12.7. The molecular weight excluding hydrogens is 304 g/mol. The molecule has 5 heteroatoms. The monoisotopic (exact) mass is 328 g/mol. The van der Waals surface area contributed by atoms with Crippen LogP contribution in [0.1, 0.15) is 50.2 Å². The number of aromatic amines is 1. The third kappa shape index (κ3) is 3.50. The van der Waals surface area contributed by atoms with Crippen molar-refractivity contribution in [2.75, 3.05) is 14.2 Å². The summed E-state index contributed by atoms with van der Waals surface area (Å²) in [4.78, 5) is 29.2. The summed E-state index contributed by atoms with van der Waals surface area (Å²) < 4.78 is 4.79. The van der Waals surface area contributed by atoms with Crippen molar-refractivity contribution in [3.63, 3.8) is 0 Å². The highest BCUT2D eigenvalue weighted by Gasteiger charge is 2.24. The number of nitrogens with zero attached hydrogens (tertiary/aromatic N) is 1. The summed E-state index contributed by atoms with van der Waals surface area (Å²) in [5.41, 5.74) is 4.46. The summed E-state index contributed by atoms with van der Waals surface area (Å²) in [6.07, 6.45) is 0.992. The molecule has 0 saturated heterocycles. The predicted molar refractivity (Wildman–Crippen MR) is 93.2 cm³/mol. The van der Waals surface area contributed by atoms with Crippen LogP contribution in [0.4, 0.5) is 0 Å². The van der Waals surface area contributed by atoms with Crippen molar-refractivity contribution in [1.82, 2.24) is 9.88 Å². The number of benzene rings is 1. The quantitative estimate of drug-likeness (QED) is 0.857. The fraction of sp³-hybridized carbons (Fsp3) is 0.368. The molecule has 1 amide bonds. The fourth-order valence-corrected chi connectivity index (χ4v) is 2.79. The number of hydrogen-bond donors (Lipinski definition) is 1. The summed E-state index contributed by atoms with van der Waals surface area (Å²) in [6, 6.07) is 8.23. The molecule has 5 nitrogen and oxygen atoms in total. The minimum atomic E-state index is -0.432. The van der Waals surface area contributed by atoms with Crippen molar-refractivity contribution in [3.8, 4) is 0 Å². The van der Waals surface area contributed by atoms with Gasteiger partial charge in [0, 0.05) is 19.3 Å². The Bertz CT molecular complexity index is 745. The molecule has 0 fully saturated rings. The lowest BCUT2D eigenvalue weighted by Crippen LogP contribution is -2.27. The molecule has 2 aromatic rings. The zero-order valence-electron chi connectivity index (χ0n) is 14.9. The van der Waals surface area contributed by atoms with Crippen LogP contribution in [0.5, 0.6) is 0 Å². The number of amides is 1. The number of aryl methyl sites for hydroxylation is 2. The van der Waals surface area contributed by atoms with Gasteiger partial charge in [0.05, 0.1) is 12.7 Å². The zero-order chi connectivity index (χ0) is 17.9. The van der Waals surface area contributed by atoms with E-state index in [9.17, 15) is 9.59 Å². The van der Waals surface area contributed by atoms with Crippen LogP contribution in [0.2, 0.25) is 0 Å². The molecule has 1 aromatic carbocycles. The first-order valence-electron chi connectivity index (χ1n) is 7.99. The smallest absolute Gasteiger partial charge is 0.339 e. The molecule has 0 bridgehead atoms. The van der Waals surface area contributed by atoms with Gasteiger partial charge in [0.2, 0.25) is 0 Å². The Labute approximate surface area is 142 Å². The average molecular weight is 328 g/mol. The van der Waals surface area contributed by atoms with E-state index < -0.39 is 5.97 Å². The Morgan fingerprint density at radius 2 is 1.71 bits per heavy atom. The molecule has 128 valence electrons. The number of rotatable bonds is 5. The van der Waals surface area contributed by atoms with Crippen molar-refractivity contribution >= 4 is 11.9 Å². The van der Waals surface area contributed by atoms with E-state index in [0.717, 1.165) is 12.0 Å². The standard InChI is InChI=1S/C19H24N2O3/c1-6-14-7-9-15(10-8-14)11-21(4)18(22)17-12(2)16(13(3)20-17)19(23)24-5/h7-10,20H,6,11H2,1-5H3. The highest BCUT2D eigenvalue weighted by Crippen LogP contribution is 2.20. The minimum Gasteiger partial charge on any atom is -0.465 e. The lowest BCUT2D eigenvalue weighted by molar-refractivity contribution is 0.0599. The molecule has 1 heterocycles. The molecule has 0 atom stereocenters. The molecule has 0 radical (unpaired) electrons. The van der Waals surface area contributed by atoms with Gasteiger partial charge >= 0.3 is 5.97 Å². The molecule has 0 aliphatic carbocycles. The van der Waals surface area contributed by atoms with Gasteiger partial charge in [-0.15, -0.1) is 0 Å². The molecular formula is C19H24N2O3. The first-order chi connectivity index (χ1) is 11.4. The van der Waals surface area contributed by atoms with E-state index in [-0.39, 0.29) is 5.91 Å². The van der Waals surface area contributed by atoms with Gasteiger partial charge in [-0.05, 0) is 37.0 Å². The largest absolute Gasteiger partial charge is 0.465 e. The Morgan fingerprint density at radius 3 is 2.25 bits per heavy atom. The molecule has 0 saturated carbocycles. The Morgan fingerprint density at radius 1 is 1.12 bits per heavy atom. The van der Waals surface area contributed by atoms with Crippen molar-refractivity contribution in [1.29, 1.82) is 0 Å². The lowest BCUT2D eigenvalue weighted by atomic mass is 10.1. The molecule has 1 N–H and O–H groups in total. The molecule has 0 aliphatic heterocycles. The van der Waals surface area contributed by atoms with Crippen molar-refractivity contribution in [2.45, 2.75) is 33.7 Å². The van der Waals surface area contributed by atoms with E-state index in [2.05, 4.69) is 24.0 Å². The molecule has 1 aromatic heterocycles. The third-order valence-corrected chi connectivity index (χ3v) is 4.24. The molecule has 2 rings (SSSR count). The van der Waals surface area contributed by atoms with E-state index in [1.807, 2.05) is 12.1 Å². The third-order valence-electron chi connectivity index (χ3n) is 4.24. The number of carbonyl (C=O) groups is 2. The minimum absolute atomic E-state index is 0.148. The zero-order valence-corrected chi connectivity index (χ0v) is 14.9. The lowest BCUT2D eigenvalue weighted by Gasteiger charge is -2.17. The van der Waals surface area contributed by atoms with Gasteiger partial charge in [0.25, 0.3) is 5.91 Å². The Balaban J connectivity index is 2.20. The van der Waals surface area contributed by atoms with Crippen LogP contribution in [0.25, 0.3) is 0 Å². The normalized spacial score (nSPS) is 10.5. The first-order valence-corrected chi connectivity index (χ1v) is 7.99. The highest BCUT2D eigenvalue weighted by molar-refractivity contribution is 6.00. The van der Waals surface area contributed by atoms with Crippen molar-refractivity contribution in [3.05, 3.63) is 57.9 Å². The van der Waals surface area contributed by atoms with E-state index in [4.69, 9.17) is 4.74 Å². The number of hydrogen-bond acceptors (Lipinski definition) is 3. The summed E-state index contributed by atoms with van der Waals surface area (Å²) in [7, 11) is 3.09. The topological polar surface area (TPSA) is 62.4 Å². The van der Waals surface area contributed by atoms with E-state index >= 15 is 0 Å². The van der Waals surface area contributed by atoms with Crippen LogP contribution >= 0.6 is 0 Å². The van der Waals surface area contributed by atoms with Crippen LogP contribution in [-0.2, 0) is 17.7 Å². The number of aromatic nitrogens is 1. The first kappa shape index (κ1) is 17.8. The summed E-state index contributed by atoms with van der Waals surface area (Å²) in [5, 5.41) is 0. The van der Waals surface area contributed by atoms with Gasteiger partial charge in [0.1, 0.15) is 5.69 Å². The number of carbonyl (C=O) groups excluding carboxylic acids is 2. The van der Waals surface area contributed by atoms with Gasteiger partial charge in [-0.3, -0.25) is 4.79 Å². The average Bonchev–Trinajstić information content (AvgIpc) is 2.88. The van der Waals surface area contributed by atoms with Gasteiger partial charge in [-0.2, -0.15) is 0 Å². The second-order valence-corrected chi connectivity index (χ2v) is 5.95. The van der Waals surface area contributed by atoms with Crippen LogP contribution in [-0.4, -0.2) is 35.9 Å². The molecule has 0 spiro atoms. The highest BCUT2D eigenvalue weighted by atomic mass is 16.5. The maximum atomic E-state index is 12.7. The number of ether oxygens (including phenoxy) is 1. The summed E-state index contributed by atoms with van der Waals surface area (Å²) in [5.74, 6) is -0.580. The number of nitrogens with one attached hydrogen (secondary N) is 1. The van der Waals surface area contributed by atoms with Crippen LogP contribution in [0.15, 0.2) is 24.3 Å².